The fourth-order valence-electron chi connectivity index (χ4n) is 3.27. The Bertz CT molecular complexity index is 870. The van der Waals surface area contributed by atoms with Crippen molar-refractivity contribution in [2.75, 3.05) is 6.54 Å². The van der Waals surface area contributed by atoms with Gasteiger partial charge in [0.25, 0.3) is 0 Å². The van der Waals surface area contributed by atoms with Crippen LogP contribution >= 0.6 is 0 Å². The second-order valence-corrected chi connectivity index (χ2v) is 7.25. The molecule has 0 unspecified atom stereocenters. The summed E-state index contributed by atoms with van der Waals surface area (Å²) in [5.74, 6) is -0.754. The van der Waals surface area contributed by atoms with E-state index in [1.54, 1.807) is 19.1 Å². The molecule has 0 aromatic heterocycles. The fraction of sp³-hybridized carbons (Fsp3) is 0.304. The molecule has 0 bridgehead atoms. The largest absolute Gasteiger partial charge is 0.508 e. The smallest absolute Gasteiger partial charge is 0.240 e. The summed E-state index contributed by atoms with van der Waals surface area (Å²) >= 11 is 0. The van der Waals surface area contributed by atoms with Gasteiger partial charge in [-0.2, -0.15) is 0 Å². The van der Waals surface area contributed by atoms with Crippen molar-refractivity contribution in [2.24, 2.45) is 11.5 Å². The van der Waals surface area contributed by atoms with Gasteiger partial charge in [0.1, 0.15) is 11.8 Å². The minimum Gasteiger partial charge on any atom is -0.508 e. The Labute approximate surface area is 171 Å². The van der Waals surface area contributed by atoms with E-state index >= 15 is 0 Å². The van der Waals surface area contributed by atoms with Crippen molar-refractivity contribution < 1.29 is 14.7 Å². The van der Waals surface area contributed by atoms with Gasteiger partial charge in [-0.3, -0.25) is 9.59 Å². The van der Waals surface area contributed by atoms with Gasteiger partial charge in [-0.15, -0.1) is 0 Å². The van der Waals surface area contributed by atoms with Crippen LogP contribution in [0.15, 0.2) is 48.5 Å². The number of phenolic OH excluding ortho intramolecular Hbond substituents is 1. The molecule has 6 heteroatoms. The van der Waals surface area contributed by atoms with Crippen LogP contribution < -0.4 is 11.5 Å². The van der Waals surface area contributed by atoms with E-state index in [-0.39, 0.29) is 18.2 Å². The number of carbonyl (C=O) groups excluding carboxylic acids is 2. The quantitative estimate of drug-likeness (QED) is 0.637. The summed E-state index contributed by atoms with van der Waals surface area (Å²) in [6.45, 7) is 5.55. The highest BCUT2D eigenvalue weighted by Gasteiger charge is 2.28. The van der Waals surface area contributed by atoms with Crippen LogP contribution in [0.3, 0.4) is 0 Å². The number of rotatable bonds is 8. The van der Waals surface area contributed by atoms with E-state index in [1.165, 1.54) is 4.90 Å². The number of phenols is 1. The Morgan fingerprint density at radius 1 is 1.14 bits per heavy atom. The molecule has 2 atom stereocenters. The topological polar surface area (TPSA) is 110 Å². The van der Waals surface area contributed by atoms with Gasteiger partial charge in [-0.05, 0) is 61.6 Å². The second kappa shape index (κ2) is 9.89. The molecule has 5 N–H and O–H groups in total. The van der Waals surface area contributed by atoms with E-state index in [1.807, 2.05) is 56.3 Å². The van der Waals surface area contributed by atoms with Gasteiger partial charge in [0.2, 0.25) is 11.8 Å². The molecule has 0 spiro atoms. The molecule has 2 amide bonds. The summed E-state index contributed by atoms with van der Waals surface area (Å²) in [5, 5.41) is 9.71. The maximum absolute atomic E-state index is 13.0. The summed E-state index contributed by atoms with van der Waals surface area (Å²) in [5.41, 5.74) is 15.3. The molecule has 0 saturated carbocycles. The summed E-state index contributed by atoms with van der Waals surface area (Å²) in [6.07, 6.45) is 4.01. The van der Waals surface area contributed by atoms with Crippen molar-refractivity contribution in [3.63, 3.8) is 0 Å². The van der Waals surface area contributed by atoms with Crippen LogP contribution in [-0.4, -0.2) is 40.4 Å². The van der Waals surface area contributed by atoms with Crippen LogP contribution in [0.2, 0.25) is 0 Å². The number of aromatic hydroxyl groups is 1. The molecule has 29 heavy (non-hydrogen) atoms. The molecule has 0 heterocycles. The van der Waals surface area contributed by atoms with Crippen LogP contribution in [0.25, 0.3) is 6.08 Å². The first-order valence-corrected chi connectivity index (χ1v) is 9.56. The molecule has 0 saturated heterocycles. The van der Waals surface area contributed by atoms with Gasteiger partial charge < -0.3 is 21.5 Å². The first kappa shape index (κ1) is 22.2. The third-order valence-electron chi connectivity index (χ3n) is 5.00. The number of amides is 2. The van der Waals surface area contributed by atoms with Crippen LogP contribution in [0, 0.1) is 13.8 Å². The van der Waals surface area contributed by atoms with Crippen LogP contribution in [0.4, 0.5) is 0 Å². The Morgan fingerprint density at radius 2 is 1.72 bits per heavy atom. The molecule has 2 aromatic rings. The third kappa shape index (κ3) is 5.93. The van der Waals surface area contributed by atoms with E-state index in [0.717, 1.165) is 22.3 Å². The van der Waals surface area contributed by atoms with E-state index in [9.17, 15) is 14.7 Å². The highest BCUT2D eigenvalue weighted by Crippen LogP contribution is 2.22. The van der Waals surface area contributed by atoms with Gasteiger partial charge in [-0.25, -0.2) is 0 Å². The average Bonchev–Trinajstić information content (AvgIpc) is 2.67. The van der Waals surface area contributed by atoms with Gasteiger partial charge in [0, 0.05) is 6.54 Å². The number of hydrogen-bond donors (Lipinski definition) is 3. The fourth-order valence-corrected chi connectivity index (χ4v) is 3.27. The molecular weight excluding hydrogens is 366 g/mol. The molecule has 0 fully saturated rings. The third-order valence-corrected chi connectivity index (χ3v) is 5.00. The minimum atomic E-state index is -0.830. The van der Waals surface area contributed by atoms with Gasteiger partial charge in [-0.1, -0.05) is 42.5 Å². The SMILES string of the molecule is Cc1cc(O)cc(C)c1C[C@@H](N)C(=O)N(C/C=C\c1ccccc1)[C@H](C)C(N)=O. The van der Waals surface area contributed by atoms with Crippen molar-refractivity contribution >= 4 is 17.9 Å². The van der Waals surface area contributed by atoms with E-state index in [4.69, 9.17) is 11.5 Å². The van der Waals surface area contributed by atoms with Gasteiger partial charge in [0.15, 0.2) is 0 Å². The second-order valence-electron chi connectivity index (χ2n) is 7.25. The zero-order chi connectivity index (χ0) is 21.6. The lowest BCUT2D eigenvalue weighted by atomic mass is 9.95. The summed E-state index contributed by atoms with van der Waals surface area (Å²) in [4.78, 5) is 26.2. The zero-order valence-corrected chi connectivity index (χ0v) is 17.1. The number of primary amides is 1. The summed E-state index contributed by atoms with van der Waals surface area (Å²) in [7, 11) is 0. The van der Waals surface area contributed by atoms with Crippen LogP contribution in [-0.2, 0) is 16.0 Å². The normalized spacial score (nSPS) is 13.2. The monoisotopic (exact) mass is 395 g/mol. The maximum Gasteiger partial charge on any atom is 0.240 e. The number of hydrogen-bond acceptors (Lipinski definition) is 4. The molecule has 0 aliphatic carbocycles. The van der Waals surface area contributed by atoms with Crippen molar-refractivity contribution in [1.82, 2.24) is 4.90 Å². The minimum absolute atomic E-state index is 0.179. The molecule has 2 aromatic carbocycles. The number of aryl methyl sites for hydroxylation is 2. The maximum atomic E-state index is 13.0. The molecule has 0 aliphatic rings. The number of nitrogens with two attached hydrogens (primary N) is 2. The predicted molar refractivity (Wildman–Crippen MR) is 115 cm³/mol. The first-order chi connectivity index (χ1) is 13.7. The Morgan fingerprint density at radius 3 is 2.28 bits per heavy atom. The lowest BCUT2D eigenvalue weighted by Gasteiger charge is -2.29. The standard InChI is InChI=1S/C23H29N3O3/c1-15-12-19(27)13-16(2)20(15)14-21(24)23(29)26(17(3)22(25)28)11-7-10-18-8-5-4-6-9-18/h4-10,12-13,17,21,27H,11,14,24H2,1-3H3,(H2,25,28)/b10-7-/t17-,21-/m1/s1. The van der Waals surface area contributed by atoms with Crippen LogP contribution in [0.1, 0.15) is 29.2 Å². The Kier molecular flexibility index (Phi) is 7.56. The van der Waals surface area contributed by atoms with Gasteiger partial charge >= 0.3 is 0 Å². The summed E-state index contributed by atoms with van der Waals surface area (Å²) in [6, 6.07) is 11.3. The first-order valence-electron chi connectivity index (χ1n) is 9.56. The number of benzene rings is 2. The predicted octanol–water partition coefficient (Wildman–Crippen LogP) is 2.29. The van der Waals surface area contributed by atoms with Crippen molar-refractivity contribution in [3.05, 3.63) is 70.8 Å². The molecule has 0 aliphatic heterocycles. The Hall–Kier alpha value is -3.12. The Balaban J connectivity index is 2.18. The number of carbonyl (C=O) groups is 2. The molecule has 154 valence electrons. The molecule has 2 rings (SSSR count). The van der Waals surface area contributed by atoms with E-state index in [2.05, 4.69) is 0 Å². The van der Waals surface area contributed by atoms with E-state index < -0.39 is 18.0 Å². The molecule has 6 nitrogen and oxygen atoms in total. The van der Waals surface area contributed by atoms with Crippen molar-refractivity contribution in [1.29, 1.82) is 0 Å². The van der Waals surface area contributed by atoms with Crippen LogP contribution in [0.5, 0.6) is 5.75 Å². The number of nitrogens with zero attached hydrogens (tertiary/aromatic N) is 1. The lowest BCUT2D eigenvalue weighted by Crippen LogP contribution is -2.52. The molecule has 0 radical (unpaired) electrons. The van der Waals surface area contributed by atoms with Crippen molar-refractivity contribution in [3.8, 4) is 5.75 Å². The van der Waals surface area contributed by atoms with Gasteiger partial charge in [0.05, 0.1) is 6.04 Å². The lowest BCUT2D eigenvalue weighted by molar-refractivity contribution is -0.139. The average molecular weight is 396 g/mol. The summed E-state index contributed by atoms with van der Waals surface area (Å²) < 4.78 is 0. The van der Waals surface area contributed by atoms with E-state index in [0.29, 0.717) is 6.42 Å². The highest BCUT2D eigenvalue weighted by molar-refractivity contribution is 5.89. The van der Waals surface area contributed by atoms with Crippen molar-refractivity contribution in [2.45, 2.75) is 39.3 Å². The highest BCUT2D eigenvalue weighted by atomic mass is 16.3. The zero-order valence-electron chi connectivity index (χ0n) is 17.1. The molecular formula is C23H29N3O3.